The molecule has 2 aromatic heterocycles. The van der Waals surface area contributed by atoms with Gasteiger partial charge in [-0.05, 0) is 107 Å². The number of hydrogen-bond acceptors (Lipinski definition) is 12. The Balaban J connectivity index is 0.879. The van der Waals surface area contributed by atoms with Crippen LogP contribution in [0, 0.1) is 28.4 Å². The van der Waals surface area contributed by atoms with Gasteiger partial charge in [-0.2, -0.15) is 10.4 Å². The number of rotatable bonds is 13. The monoisotopic (exact) mass is 867 g/mol. The van der Waals surface area contributed by atoms with E-state index in [4.69, 9.17) is 4.74 Å². The first-order valence-corrected chi connectivity index (χ1v) is 21.9. The van der Waals surface area contributed by atoms with Gasteiger partial charge in [0, 0.05) is 76.3 Å². The predicted octanol–water partition coefficient (Wildman–Crippen LogP) is 6.97. The van der Waals surface area contributed by atoms with Crippen molar-refractivity contribution in [2.45, 2.75) is 64.0 Å². The molecule has 2 aliphatic heterocycles. The summed E-state index contributed by atoms with van der Waals surface area (Å²) < 4.78 is 45.2. The van der Waals surface area contributed by atoms with Crippen molar-refractivity contribution in [1.82, 2.24) is 33.9 Å². The number of nitrogens with one attached hydrogen (secondary N) is 2. The van der Waals surface area contributed by atoms with Gasteiger partial charge in [-0.25, -0.2) is 22.9 Å². The van der Waals surface area contributed by atoms with Gasteiger partial charge in [0.25, 0.3) is 5.56 Å². The highest BCUT2D eigenvalue weighted by Crippen LogP contribution is 2.54. The zero-order chi connectivity index (χ0) is 43.7. The van der Waals surface area contributed by atoms with Crippen LogP contribution in [0.2, 0.25) is 0 Å². The van der Waals surface area contributed by atoms with E-state index in [1.807, 2.05) is 24.3 Å². The number of likely N-dealkylation sites (tertiary alicyclic amines) is 1. The van der Waals surface area contributed by atoms with Crippen LogP contribution in [-0.4, -0.2) is 100 Å². The third kappa shape index (κ3) is 8.28. The molecule has 5 aromatic rings. The van der Waals surface area contributed by atoms with Crippen molar-refractivity contribution in [2.75, 3.05) is 67.9 Å². The summed E-state index contributed by atoms with van der Waals surface area (Å²) in [6.45, 7) is 6.24. The van der Waals surface area contributed by atoms with Crippen LogP contribution in [0.5, 0.6) is 11.5 Å². The number of nitriles is 1. The topological polar surface area (TPSA) is 157 Å². The van der Waals surface area contributed by atoms with Gasteiger partial charge < -0.3 is 29.4 Å². The molecule has 0 bridgehead atoms. The molecular formula is C44H51F2N11O4S. The van der Waals surface area contributed by atoms with Crippen LogP contribution in [0.25, 0.3) is 21.8 Å². The van der Waals surface area contributed by atoms with Crippen molar-refractivity contribution in [1.29, 1.82) is 5.26 Å². The van der Waals surface area contributed by atoms with E-state index in [1.165, 1.54) is 42.3 Å². The second-order valence-corrected chi connectivity index (χ2v) is 17.5. The molecule has 1 saturated carbocycles. The van der Waals surface area contributed by atoms with E-state index in [-0.39, 0.29) is 52.9 Å². The normalized spacial score (nSPS) is 17.0. The van der Waals surface area contributed by atoms with Crippen LogP contribution in [0.15, 0.2) is 53.6 Å². The highest BCUT2D eigenvalue weighted by molar-refractivity contribution is 7.98. The number of nitrogens with zero attached hydrogens (tertiary/aromatic N) is 9. The van der Waals surface area contributed by atoms with Crippen LogP contribution >= 0.6 is 12.1 Å². The minimum atomic E-state index is -0.687. The van der Waals surface area contributed by atoms with E-state index in [2.05, 4.69) is 36.0 Å². The Morgan fingerprint density at radius 3 is 2.52 bits per heavy atom. The summed E-state index contributed by atoms with van der Waals surface area (Å²) in [5.41, 5.74) is 2.14. The van der Waals surface area contributed by atoms with Crippen LogP contribution in [0.4, 0.5) is 30.8 Å². The van der Waals surface area contributed by atoms with Crippen LogP contribution in [0.3, 0.4) is 0 Å². The van der Waals surface area contributed by atoms with Crippen molar-refractivity contribution in [3.05, 3.63) is 76.3 Å². The number of fused-ring (bicyclic) bond motifs is 2. The molecule has 4 heterocycles. The van der Waals surface area contributed by atoms with Gasteiger partial charge in [0.1, 0.15) is 29.5 Å². The lowest BCUT2D eigenvalue weighted by Crippen LogP contribution is -2.53. The van der Waals surface area contributed by atoms with E-state index in [9.17, 15) is 19.6 Å². The smallest absolute Gasteiger partial charge is 0.322 e. The molecule has 1 aliphatic carbocycles. The molecule has 2 amide bonds. The first-order chi connectivity index (χ1) is 30.0. The SMILES string of the molecule is CCN(C)SNc1ccc(F)c(Oc2ccc3ncn(C4CC5(CCN(C6CCN(c7cc8c(cc7F)c(N(CCC=O)C(=O)NC)nn8C)CC6)CC5)C4)c(=O)c3c2)c1C#N. The van der Waals surface area contributed by atoms with Crippen molar-refractivity contribution < 1.29 is 23.1 Å². The molecule has 3 fully saturated rings. The van der Waals surface area contributed by atoms with Crippen molar-refractivity contribution in [2.24, 2.45) is 12.5 Å². The molecule has 3 aliphatic rings. The molecule has 18 heteroatoms. The number of amides is 2. The van der Waals surface area contributed by atoms with Crippen LogP contribution in [0.1, 0.15) is 63.5 Å². The minimum absolute atomic E-state index is 0.0219. The Morgan fingerprint density at radius 2 is 1.82 bits per heavy atom. The first-order valence-electron chi connectivity index (χ1n) is 21.1. The maximum Gasteiger partial charge on any atom is 0.322 e. The highest BCUT2D eigenvalue weighted by atomic mass is 32.2. The average molecular weight is 868 g/mol. The van der Waals surface area contributed by atoms with Crippen molar-refractivity contribution in [3.8, 4) is 17.6 Å². The first kappa shape index (κ1) is 42.9. The van der Waals surface area contributed by atoms with E-state index in [0.717, 1.165) is 64.4 Å². The van der Waals surface area contributed by atoms with Gasteiger partial charge in [-0.3, -0.25) is 18.9 Å². The third-order valence-corrected chi connectivity index (χ3v) is 13.8. The summed E-state index contributed by atoms with van der Waals surface area (Å²) in [6, 6.07) is 12.9. The number of ether oxygens (including phenoxy) is 1. The lowest BCUT2D eigenvalue weighted by atomic mass is 9.60. The zero-order valence-electron chi connectivity index (χ0n) is 35.4. The maximum absolute atomic E-state index is 15.8. The number of benzene rings is 3. The third-order valence-electron chi connectivity index (χ3n) is 12.9. The Morgan fingerprint density at radius 1 is 1.06 bits per heavy atom. The number of piperidine rings is 2. The fourth-order valence-electron chi connectivity index (χ4n) is 9.29. The molecule has 0 radical (unpaired) electrons. The Kier molecular flexibility index (Phi) is 12.4. The van der Waals surface area contributed by atoms with Crippen LogP contribution in [-0.2, 0) is 11.8 Å². The fourth-order valence-corrected chi connectivity index (χ4v) is 9.84. The molecular weight excluding hydrogens is 817 g/mol. The number of urea groups is 1. The van der Waals surface area contributed by atoms with Crippen molar-refractivity contribution >= 4 is 63.4 Å². The molecule has 15 nitrogen and oxygen atoms in total. The molecule has 2 N–H and O–H groups in total. The lowest BCUT2D eigenvalue weighted by Gasteiger charge is -2.54. The number of carbonyl (C=O) groups is 2. The number of anilines is 3. The number of hydrogen-bond donors (Lipinski definition) is 2. The molecule has 3 aromatic carbocycles. The second kappa shape index (κ2) is 17.9. The molecule has 0 atom stereocenters. The molecule has 0 unspecified atom stereocenters. The van der Waals surface area contributed by atoms with Crippen LogP contribution < -0.4 is 30.1 Å². The predicted molar refractivity (Wildman–Crippen MR) is 237 cm³/mol. The number of aldehydes is 1. The van der Waals surface area contributed by atoms with Gasteiger partial charge >= 0.3 is 6.03 Å². The largest absolute Gasteiger partial charge is 0.453 e. The lowest BCUT2D eigenvalue weighted by molar-refractivity contribution is -0.107. The fraction of sp³-hybridized carbons (Fsp3) is 0.455. The Labute approximate surface area is 362 Å². The highest BCUT2D eigenvalue weighted by Gasteiger charge is 2.47. The van der Waals surface area contributed by atoms with E-state index >= 15 is 8.78 Å². The van der Waals surface area contributed by atoms with E-state index in [0.29, 0.717) is 58.1 Å². The van der Waals surface area contributed by atoms with Gasteiger partial charge in [0.2, 0.25) is 0 Å². The van der Waals surface area contributed by atoms with Gasteiger partial charge in [0.15, 0.2) is 17.4 Å². The minimum Gasteiger partial charge on any atom is -0.453 e. The Bertz CT molecular complexity index is 2590. The summed E-state index contributed by atoms with van der Waals surface area (Å²) in [5, 5.41) is 17.9. The van der Waals surface area contributed by atoms with Gasteiger partial charge in [0.05, 0.1) is 34.1 Å². The van der Waals surface area contributed by atoms with Gasteiger partial charge in [-0.15, -0.1) is 0 Å². The van der Waals surface area contributed by atoms with E-state index < -0.39 is 11.8 Å². The summed E-state index contributed by atoms with van der Waals surface area (Å²) in [7, 11) is 5.16. The van der Waals surface area contributed by atoms with Crippen molar-refractivity contribution in [3.63, 3.8) is 0 Å². The Hall–Kier alpha value is -5.77. The van der Waals surface area contributed by atoms with E-state index in [1.54, 1.807) is 40.8 Å². The maximum atomic E-state index is 15.8. The summed E-state index contributed by atoms with van der Waals surface area (Å²) in [6.07, 6.45) is 8.18. The molecule has 62 heavy (non-hydrogen) atoms. The molecule has 2 saturated heterocycles. The standard InChI is InChI=1S/C44H51F2N11O4S/c1-5-52(3)62-51-37-10-8-34(45)40(33(37)26-47)61-30-7-9-36-31(21-30)42(59)57(27-49-36)29-24-44(25-29)13-18-54(19-14-44)28-11-16-55(17-12-28)39-23-38-32(22-35(39)46)41(50-53(38)4)56(15-6-20-58)43(60)48-2/h7-10,20-23,27-29,51H,5-6,11-19,24-25H2,1-4H3,(H,48,60). The summed E-state index contributed by atoms with van der Waals surface area (Å²) >= 11 is 1.28. The quantitative estimate of drug-likeness (QED) is 0.0927. The number of halogens is 2. The second-order valence-electron chi connectivity index (χ2n) is 16.5. The average Bonchev–Trinajstić information content (AvgIpc) is 3.59. The zero-order valence-corrected chi connectivity index (χ0v) is 36.2. The molecule has 326 valence electrons. The number of aryl methyl sites for hydroxylation is 1. The summed E-state index contributed by atoms with van der Waals surface area (Å²) in [5.74, 6) is -0.735. The number of aromatic nitrogens is 4. The molecule has 1 spiro atoms. The number of carbonyl (C=O) groups excluding carboxylic acids is 2. The summed E-state index contributed by atoms with van der Waals surface area (Å²) in [4.78, 5) is 48.3. The molecule has 8 rings (SSSR count). The van der Waals surface area contributed by atoms with Gasteiger partial charge in [-0.1, -0.05) is 6.92 Å².